The van der Waals surface area contributed by atoms with E-state index in [9.17, 15) is 44.4 Å². The number of ether oxygens (including phenoxy) is 1. The predicted molar refractivity (Wildman–Crippen MR) is 269 cm³/mol. The molecule has 6 rings (SSSR count). The number of carboxylic acids is 1. The molecule has 1 atom stereocenters. The third-order valence-electron chi connectivity index (χ3n) is 11.8. The summed E-state index contributed by atoms with van der Waals surface area (Å²) in [6.07, 6.45) is 2.98. The van der Waals surface area contributed by atoms with Crippen LogP contribution >= 0.6 is 23.4 Å². The summed E-state index contributed by atoms with van der Waals surface area (Å²) in [6.45, 7) is 1.41. The zero-order chi connectivity index (χ0) is 51.3. The van der Waals surface area contributed by atoms with Gasteiger partial charge in [0.05, 0.1) is 23.7 Å². The lowest BCUT2D eigenvalue weighted by Crippen LogP contribution is -2.34. The van der Waals surface area contributed by atoms with Crippen LogP contribution in [0.5, 0.6) is 0 Å². The third kappa shape index (κ3) is 15.7. The zero-order valence-corrected chi connectivity index (χ0v) is 42.2. The molecule has 0 bridgehead atoms. The topological polar surface area (TPSA) is 183 Å². The summed E-state index contributed by atoms with van der Waals surface area (Å²) < 4.78 is 103. The van der Waals surface area contributed by atoms with Crippen LogP contribution in [-0.4, -0.2) is 127 Å². The van der Waals surface area contributed by atoms with Gasteiger partial charge in [0, 0.05) is 52.6 Å². The summed E-state index contributed by atoms with van der Waals surface area (Å²) in [7, 11) is -7.90. The molecule has 3 N–H and O–H groups in total. The number of likely N-dealkylation sites (N-methyl/N-ethyl adjacent to an activating group) is 2. The van der Waals surface area contributed by atoms with E-state index in [0.29, 0.717) is 23.6 Å². The van der Waals surface area contributed by atoms with Crippen LogP contribution in [0.3, 0.4) is 0 Å². The first kappa shape index (κ1) is 54.7. The van der Waals surface area contributed by atoms with Crippen LogP contribution in [0.25, 0.3) is 11.1 Å². The van der Waals surface area contributed by atoms with Crippen LogP contribution in [0.1, 0.15) is 35.2 Å². The SMILES string of the molecule is CN(CCOC(=O)CN(C)CC(=O)O)CC[C@H](CSc1ccccc1)Nc1ccc(S(=O)(=O)NC(=O)c2ccc(N3CCC(Cc4ccccc4-c4ccc(Cl)cc4)CC3)cc2)cc1S(=O)(=O)C(F)(F)F. The third-order valence-corrected chi connectivity index (χ3v) is 16.1. The maximum Gasteiger partial charge on any atom is 0.501 e. The van der Waals surface area contributed by atoms with Crippen LogP contribution in [-0.2, 0) is 40.6 Å². The fourth-order valence-electron chi connectivity index (χ4n) is 8.00. The number of piperidine rings is 1. The van der Waals surface area contributed by atoms with Crippen molar-refractivity contribution < 1.29 is 54.2 Å². The minimum absolute atomic E-state index is 0.0395. The number of hydrogen-bond acceptors (Lipinski definition) is 13. The molecule has 5 aromatic rings. The van der Waals surface area contributed by atoms with Gasteiger partial charge in [-0.15, -0.1) is 11.8 Å². The molecule has 14 nitrogen and oxygen atoms in total. The van der Waals surface area contributed by atoms with Crippen molar-refractivity contribution in [1.29, 1.82) is 0 Å². The number of carbonyl (C=O) groups is 3. The highest BCUT2D eigenvalue weighted by Gasteiger charge is 2.48. The fourth-order valence-corrected chi connectivity index (χ4v) is 11.1. The molecular formula is C50H55ClF3N5O9S3. The van der Waals surface area contributed by atoms with Crippen molar-refractivity contribution in [1.82, 2.24) is 14.5 Å². The van der Waals surface area contributed by atoms with Crippen LogP contribution in [0.4, 0.5) is 24.5 Å². The first-order valence-corrected chi connectivity index (χ1v) is 26.9. The van der Waals surface area contributed by atoms with Gasteiger partial charge in [0.2, 0.25) is 0 Å². The number of carboxylic acid groups (broad SMARTS) is 1. The average Bonchev–Trinajstić information content (AvgIpc) is 3.32. The Morgan fingerprint density at radius 2 is 1.51 bits per heavy atom. The molecule has 1 fully saturated rings. The number of nitrogens with zero attached hydrogens (tertiary/aromatic N) is 3. The van der Waals surface area contributed by atoms with E-state index in [0.717, 1.165) is 66.2 Å². The van der Waals surface area contributed by atoms with Gasteiger partial charge in [-0.2, -0.15) is 13.2 Å². The Balaban J connectivity index is 1.10. The lowest BCUT2D eigenvalue weighted by molar-refractivity contribution is -0.146. The zero-order valence-electron chi connectivity index (χ0n) is 39.0. The minimum Gasteiger partial charge on any atom is -0.480 e. The number of halogens is 4. The van der Waals surface area contributed by atoms with Crippen molar-refractivity contribution >= 4 is 72.4 Å². The number of anilines is 2. The average molecular weight is 1060 g/mol. The number of amides is 1. The number of thioether (sulfide) groups is 1. The molecule has 1 amide bonds. The van der Waals surface area contributed by atoms with Crippen molar-refractivity contribution in [2.24, 2.45) is 5.92 Å². The van der Waals surface area contributed by atoms with Gasteiger partial charge in [-0.3, -0.25) is 19.3 Å². The first-order chi connectivity index (χ1) is 33.7. The quantitative estimate of drug-likeness (QED) is 0.0419. The first-order valence-electron chi connectivity index (χ1n) is 22.6. The highest BCUT2D eigenvalue weighted by atomic mass is 35.5. The Kier molecular flexibility index (Phi) is 19.0. The molecule has 71 heavy (non-hydrogen) atoms. The number of aliphatic carboxylic acids is 1. The summed E-state index contributed by atoms with van der Waals surface area (Å²) in [5.41, 5.74) is -2.03. The molecule has 21 heteroatoms. The van der Waals surface area contributed by atoms with Gasteiger partial charge in [0.15, 0.2) is 0 Å². The molecule has 1 heterocycles. The van der Waals surface area contributed by atoms with E-state index in [2.05, 4.69) is 22.3 Å². The van der Waals surface area contributed by atoms with Gasteiger partial charge in [-0.05, 0) is 136 Å². The second-order valence-electron chi connectivity index (χ2n) is 17.2. The normalized spacial score (nSPS) is 14.1. The molecule has 5 aromatic carbocycles. The fraction of sp³-hybridized carbons (Fsp3) is 0.340. The predicted octanol–water partition coefficient (Wildman–Crippen LogP) is 8.33. The summed E-state index contributed by atoms with van der Waals surface area (Å²) in [5.74, 6) is -2.14. The highest BCUT2D eigenvalue weighted by Crippen LogP contribution is 2.37. The number of sulfone groups is 1. The summed E-state index contributed by atoms with van der Waals surface area (Å²) >= 11 is 7.47. The lowest BCUT2D eigenvalue weighted by Gasteiger charge is -2.34. The molecule has 1 aliphatic heterocycles. The Labute approximate surface area is 421 Å². The Morgan fingerprint density at radius 3 is 2.17 bits per heavy atom. The van der Waals surface area contributed by atoms with E-state index in [-0.39, 0.29) is 44.0 Å². The Bertz CT molecular complexity index is 2840. The van der Waals surface area contributed by atoms with Crippen molar-refractivity contribution in [3.8, 4) is 11.1 Å². The molecule has 0 spiro atoms. The van der Waals surface area contributed by atoms with Crippen molar-refractivity contribution in [2.75, 3.05) is 75.9 Å². The van der Waals surface area contributed by atoms with E-state index < -0.39 is 64.7 Å². The largest absolute Gasteiger partial charge is 0.501 e. The second kappa shape index (κ2) is 24.7. The molecular weight excluding hydrogens is 1000 g/mol. The minimum atomic E-state index is -6.15. The second-order valence-corrected chi connectivity index (χ2v) is 22.4. The number of benzene rings is 5. The van der Waals surface area contributed by atoms with E-state index in [4.69, 9.17) is 21.4 Å². The van der Waals surface area contributed by atoms with E-state index in [1.54, 1.807) is 36.2 Å². The van der Waals surface area contributed by atoms with Gasteiger partial charge in [0.1, 0.15) is 11.5 Å². The van der Waals surface area contributed by atoms with Crippen molar-refractivity contribution in [3.63, 3.8) is 0 Å². The van der Waals surface area contributed by atoms with Crippen LogP contribution in [0.15, 0.2) is 136 Å². The number of esters is 1. The van der Waals surface area contributed by atoms with Gasteiger partial charge >= 0.3 is 17.4 Å². The number of sulfonamides is 1. The van der Waals surface area contributed by atoms with Crippen LogP contribution in [0.2, 0.25) is 5.02 Å². The summed E-state index contributed by atoms with van der Waals surface area (Å²) in [5, 5.41) is 12.5. The number of hydrogen-bond donors (Lipinski definition) is 3. The van der Waals surface area contributed by atoms with Crippen molar-refractivity contribution in [2.45, 2.75) is 51.9 Å². The number of alkyl halides is 3. The lowest BCUT2D eigenvalue weighted by atomic mass is 9.87. The highest BCUT2D eigenvalue weighted by molar-refractivity contribution is 7.99. The van der Waals surface area contributed by atoms with Gasteiger partial charge in [0.25, 0.3) is 25.8 Å². The molecule has 1 aliphatic rings. The summed E-state index contributed by atoms with van der Waals surface area (Å²) in [4.78, 5) is 40.2. The Hall–Kier alpha value is -5.64. The van der Waals surface area contributed by atoms with E-state index >= 15 is 0 Å². The molecule has 0 aliphatic carbocycles. The number of rotatable bonds is 23. The van der Waals surface area contributed by atoms with E-state index in [1.165, 1.54) is 41.4 Å². The van der Waals surface area contributed by atoms with Crippen molar-refractivity contribution in [3.05, 3.63) is 137 Å². The Morgan fingerprint density at radius 1 is 0.845 bits per heavy atom. The number of nitrogens with one attached hydrogen (secondary N) is 2. The molecule has 0 saturated carbocycles. The van der Waals surface area contributed by atoms with Crippen LogP contribution < -0.4 is 14.9 Å². The van der Waals surface area contributed by atoms with Gasteiger partial charge in [-0.1, -0.05) is 66.2 Å². The molecule has 1 saturated heterocycles. The monoisotopic (exact) mass is 1060 g/mol. The standard InChI is InChI=1S/C50H55ClF3N5O9S3/c1-57(28-29-68-48(62)33-58(2)32-47(60)61)25-24-40(34-69-42-9-4-3-5-10-42)55-45-21-20-43(31-46(45)70(64,65)50(52,53)54)71(66,67)56-49(63)37-14-18-41(19-15-37)59-26-22-35(23-27-59)30-38-8-6-7-11-44(38)36-12-16-39(51)17-13-36/h3-21,31,35,40,55H,22-30,32-34H2,1-2H3,(H,56,63)(H,60,61)/t40-/m1/s1. The van der Waals surface area contributed by atoms with Gasteiger partial charge < -0.3 is 25.0 Å². The van der Waals surface area contributed by atoms with Gasteiger partial charge in [-0.25, -0.2) is 21.6 Å². The summed E-state index contributed by atoms with van der Waals surface area (Å²) in [6, 6.07) is 33.0. The molecule has 0 radical (unpaired) electrons. The maximum absolute atomic E-state index is 14.3. The number of carbonyl (C=O) groups excluding carboxylic acids is 2. The molecule has 380 valence electrons. The molecule has 0 aromatic heterocycles. The van der Waals surface area contributed by atoms with Crippen LogP contribution in [0, 0.1) is 5.92 Å². The maximum atomic E-state index is 14.3. The molecule has 0 unspecified atom stereocenters. The van der Waals surface area contributed by atoms with E-state index in [1.807, 2.05) is 59.3 Å². The smallest absolute Gasteiger partial charge is 0.480 e.